The van der Waals surface area contributed by atoms with Gasteiger partial charge in [0.2, 0.25) is 9.84 Å². The standard InChI is InChI=1S/C36H54N4O4S/c41-35-29(25-37-13-5-1-6-14-37)21-33(22-30(35)26-38-15-7-2-8-16-38)45(43,44)34-23-31(27-39-17-9-3-10-18-39)36(42)32(24-34)28-40-19-11-4-12-20-40/h21-24,41-42H,1-20,25-28H2. The molecule has 6 rings (SSSR count). The monoisotopic (exact) mass is 638 g/mol. The SMILES string of the molecule is O=S(=O)(c1cc(CN2CCCCC2)c(O)c(CN2CCCCC2)c1)c1cc(CN2CCCCC2)c(O)c(CN2CCCCC2)c1. The molecule has 4 fully saturated rings. The molecule has 4 aliphatic heterocycles. The van der Waals surface area contributed by atoms with Gasteiger partial charge in [-0.2, -0.15) is 0 Å². The minimum absolute atomic E-state index is 0.243. The summed E-state index contributed by atoms with van der Waals surface area (Å²) in [7, 11) is -3.92. The maximum atomic E-state index is 14.6. The van der Waals surface area contributed by atoms with Crippen LogP contribution >= 0.6 is 0 Å². The summed E-state index contributed by atoms with van der Waals surface area (Å²) < 4.78 is 29.2. The first-order valence-corrected chi connectivity index (χ1v) is 19.2. The van der Waals surface area contributed by atoms with Crippen LogP contribution < -0.4 is 0 Å². The molecule has 2 aromatic rings. The van der Waals surface area contributed by atoms with Crippen LogP contribution in [-0.2, 0) is 36.0 Å². The highest BCUT2D eigenvalue weighted by Gasteiger charge is 2.27. The van der Waals surface area contributed by atoms with Gasteiger partial charge in [0.15, 0.2) is 0 Å². The summed E-state index contributed by atoms with van der Waals surface area (Å²) in [6.45, 7) is 9.96. The number of hydrogen-bond acceptors (Lipinski definition) is 8. The van der Waals surface area contributed by atoms with E-state index in [0.717, 1.165) is 104 Å². The van der Waals surface area contributed by atoms with Crippen molar-refractivity contribution in [3.63, 3.8) is 0 Å². The Morgan fingerprint density at radius 1 is 0.422 bits per heavy atom. The summed E-state index contributed by atoms with van der Waals surface area (Å²) in [5.74, 6) is 0.486. The lowest BCUT2D eigenvalue weighted by atomic mass is 10.0. The van der Waals surface area contributed by atoms with Crippen molar-refractivity contribution in [3.8, 4) is 11.5 Å². The lowest BCUT2D eigenvalue weighted by Gasteiger charge is -2.30. The maximum Gasteiger partial charge on any atom is 0.206 e. The predicted octanol–water partition coefficient (Wildman–Crippen LogP) is 5.87. The minimum atomic E-state index is -3.92. The number of rotatable bonds is 10. The molecule has 45 heavy (non-hydrogen) atoms. The second-order valence-electron chi connectivity index (χ2n) is 14.0. The van der Waals surface area contributed by atoms with E-state index in [-0.39, 0.29) is 21.3 Å². The summed E-state index contributed by atoms with van der Waals surface area (Å²) in [6, 6.07) is 6.89. The molecule has 0 aromatic heterocycles. The van der Waals surface area contributed by atoms with Crippen LogP contribution in [0, 0.1) is 0 Å². The van der Waals surface area contributed by atoms with Crippen LogP contribution in [0.1, 0.15) is 99.3 Å². The van der Waals surface area contributed by atoms with Crippen molar-refractivity contribution in [2.75, 3.05) is 52.4 Å². The molecule has 0 unspecified atom stereocenters. The van der Waals surface area contributed by atoms with E-state index in [4.69, 9.17) is 0 Å². The van der Waals surface area contributed by atoms with Gasteiger partial charge in [0.25, 0.3) is 0 Å². The summed E-state index contributed by atoms with van der Waals surface area (Å²) in [5, 5.41) is 23.0. The van der Waals surface area contributed by atoms with Gasteiger partial charge < -0.3 is 10.2 Å². The highest BCUT2D eigenvalue weighted by atomic mass is 32.2. The van der Waals surface area contributed by atoms with E-state index in [1.54, 1.807) is 24.3 Å². The van der Waals surface area contributed by atoms with Gasteiger partial charge in [0.1, 0.15) is 11.5 Å². The number of hydrogen-bond donors (Lipinski definition) is 2. The lowest BCUT2D eigenvalue weighted by Crippen LogP contribution is -2.30. The van der Waals surface area contributed by atoms with Gasteiger partial charge in [0, 0.05) is 48.4 Å². The number of sulfone groups is 1. The number of phenols is 2. The molecular formula is C36H54N4O4S. The summed E-state index contributed by atoms with van der Waals surface area (Å²) >= 11 is 0. The Balaban J connectivity index is 1.38. The fraction of sp³-hybridized carbons (Fsp3) is 0.667. The molecule has 0 bridgehead atoms. The highest BCUT2D eigenvalue weighted by Crippen LogP contribution is 2.36. The van der Waals surface area contributed by atoms with Crippen LogP contribution in [0.5, 0.6) is 11.5 Å². The van der Waals surface area contributed by atoms with Gasteiger partial charge in [-0.25, -0.2) is 8.42 Å². The molecule has 0 amide bonds. The highest BCUT2D eigenvalue weighted by molar-refractivity contribution is 7.91. The smallest absolute Gasteiger partial charge is 0.206 e. The number of piperidine rings is 4. The van der Waals surface area contributed by atoms with Gasteiger partial charge in [-0.15, -0.1) is 0 Å². The first kappa shape index (κ1) is 32.8. The van der Waals surface area contributed by atoms with E-state index in [9.17, 15) is 18.6 Å². The number of aromatic hydroxyl groups is 2. The summed E-state index contributed by atoms with van der Waals surface area (Å²) in [4.78, 5) is 9.86. The molecule has 9 heteroatoms. The predicted molar refractivity (Wildman–Crippen MR) is 178 cm³/mol. The van der Waals surface area contributed by atoms with Gasteiger partial charge in [-0.1, -0.05) is 25.7 Å². The average Bonchev–Trinajstić information content (AvgIpc) is 3.06. The molecule has 2 N–H and O–H groups in total. The van der Waals surface area contributed by atoms with Crippen molar-refractivity contribution < 1.29 is 18.6 Å². The number of benzene rings is 2. The Labute approximate surface area is 270 Å². The van der Waals surface area contributed by atoms with Crippen LogP contribution in [0.2, 0.25) is 0 Å². The third kappa shape index (κ3) is 8.22. The Morgan fingerprint density at radius 3 is 0.867 bits per heavy atom. The van der Waals surface area contributed by atoms with Gasteiger partial charge in [-0.3, -0.25) is 19.6 Å². The molecule has 4 saturated heterocycles. The van der Waals surface area contributed by atoms with Crippen LogP contribution in [0.25, 0.3) is 0 Å². The third-order valence-electron chi connectivity index (χ3n) is 10.5. The van der Waals surface area contributed by atoms with E-state index in [2.05, 4.69) is 19.6 Å². The second-order valence-corrected chi connectivity index (χ2v) is 16.0. The van der Waals surface area contributed by atoms with Crippen molar-refractivity contribution in [1.82, 2.24) is 19.6 Å². The Morgan fingerprint density at radius 2 is 0.644 bits per heavy atom. The van der Waals surface area contributed by atoms with Gasteiger partial charge in [0.05, 0.1) is 9.79 Å². The second kappa shape index (κ2) is 15.2. The molecule has 2 aromatic carbocycles. The van der Waals surface area contributed by atoms with Crippen LogP contribution in [0.3, 0.4) is 0 Å². The number of likely N-dealkylation sites (tertiary alicyclic amines) is 4. The van der Waals surface area contributed by atoms with E-state index >= 15 is 0 Å². The topological polar surface area (TPSA) is 87.6 Å². The Bertz CT molecular complexity index is 1210. The summed E-state index contributed by atoms with van der Waals surface area (Å²) in [5.41, 5.74) is 2.80. The van der Waals surface area contributed by atoms with Crippen LogP contribution in [-0.4, -0.2) is 90.6 Å². The molecule has 4 heterocycles. The van der Waals surface area contributed by atoms with Crippen molar-refractivity contribution in [1.29, 1.82) is 0 Å². The first-order chi connectivity index (χ1) is 21.9. The number of phenolic OH excluding ortho intramolecular Hbond substituents is 2. The molecule has 0 saturated carbocycles. The third-order valence-corrected chi connectivity index (χ3v) is 12.2. The quantitative estimate of drug-likeness (QED) is 0.334. The van der Waals surface area contributed by atoms with E-state index in [1.807, 2.05) is 0 Å². The molecule has 248 valence electrons. The molecule has 8 nitrogen and oxygen atoms in total. The molecule has 4 aliphatic rings. The van der Waals surface area contributed by atoms with Crippen LogP contribution in [0.4, 0.5) is 0 Å². The number of nitrogens with zero attached hydrogens (tertiary/aromatic N) is 4. The van der Waals surface area contributed by atoms with E-state index in [1.165, 1.54) is 25.7 Å². The molecule has 0 aliphatic carbocycles. The fourth-order valence-corrected chi connectivity index (χ4v) is 9.28. The summed E-state index contributed by atoms with van der Waals surface area (Å²) in [6.07, 6.45) is 13.9. The Hall–Kier alpha value is -2.17. The van der Waals surface area contributed by atoms with Crippen molar-refractivity contribution >= 4 is 9.84 Å². The minimum Gasteiger partial charge on any atom is -0.507 e. The van der Waals surface area contributed by atoms with Gasteiger partial charge in [-0.05, 0) is 128 Å². The lowest BCUT2D eigenvalue weighted by molar-refractivity contribution is 0.212. The molecule has 0 atom stereocenters. The normalized spacial score (nSPS) is 21.7. The van der Waals surface area contributed by atoms with Crippen molar-refractivity contribution in [2.45, 2.75) is 113 Å². The zero-order valence-electron chi connectivity index (χ0n) is 27.2. The van der Waals surface area contributed by atoms with Crippen molar-refractivity contribution in [2.24, 2.45) is 0 Å². The zero-order valence-corrected chi connectivity index (χ0v) is 28.0. The van der Waals surface area contributed by atoms with E-state index < -0.39 is 9.84 Å². The fourth-order valence-electron chi connectivity index (χ4n) is 7.82. The molecule has 0 spiro atoms. The average molecular weight is 639 g/mol. The Kier molecular flexibility index (Phi) is 11.0. The first-order valence-electron chi connectivity index (χ1n) is 17.7. The van der Waals surface area contributed by atoms with E-state index in [0.29, 0.717) is 48.4 Å². The largest absolute Gasteiger partial charge is 0.507 e. The van der Waals surface area contributed by atoms with Gasteiger partial charge >= 0.3 is 0 Å². The molecular weight excluding hydrogens is 584 g/mol. The van der Waals surface area contributed by atoms with Crippen molar-refractivity contribution in [3.05, 3.63) is 46.5 Å². The van der Waals surface area contributed by atoms with Crippen LogP contribution in [0.15, 0.2) is 34.1 Å². The zero-order chi connectivity index (χ0) is 31.2. The molecule has 0 radical (unpaired) electrons. The maximum absolute atomic E-state index is 14.6.